The van der Waals surface area contributed by atoms with E-state index < -0.39 is 29.5 Å². The van der Waals surface area contributed by atoms with Gasteiger partial charge in [0.15, 0.2) is 0 Å². The fourth-order valence-corrected chi connectivity index (χ4v) is 4.39. The zero-order valence-electron chi connectivity index (χ0n) is 20.8. The largest absolute Gasteiger partial charge is 0.416 e. The van der Waals surface area contributed by atoms with E-state index in [4.69, 9.17) is 4.74 Å². The molecular weight excluding hydrogens is 500 g/mol. The molecular formula is C26H31F6N3O2. The number of methoxy groups -OCH3 is 1. The van der Waals surface area contributed by atoms with Crippen LogP contribution in [0.15, 0.2) is 48.5 Å². The van der Waals surface area contributed by atoms with Crippen LogP contribution in [0.1, 0.15) is 28.3 Å². The predicted molar refractivity (Wildman–Crippen MR) is 127 cm³/mol. The van der Waals surface area contributed by atoms with Crippen molar-refractivity contribution in [3.63, 3.8) is 0 Å². The van der Waals surface area contributed by atoms with Crippen LogP contribution in [0, 0.1) is 0 Å². The summed E-state index contributed by atoms with van der Waals surface area (Å²) in [6, 6.07) is 10.1. The topological polar surface area (TPSA) is 36.0 Å². The highest BCUT2D eigenvalue weighted by Crippen LogP contribution is 2.36. The highest BCUT2D eigenvalue weighted by Gasteiger charge is 2.37. The molecule has 1 saturated heterocycles. The minimum Gasteiger partial charge on any atom is -0.383 e. The van der Waals surface area contributed by atoms with Crippen LogP contribution in [0.25, 0.3) is 0 Å². The van der Waals surface area contributed by atoms with Gasteiger partial charge in [-0.15, -0.1) is 0 Å². The number of hydrogen-bond donors (Lipinski definition) is 0. The quantitative estimate of drug-likeness (QED) is 0.439. The van der Waals surface area contributed by atoms with Crippen molar-refractivity contribution in [3.05, 3.63) is 70.8 Å². The zero-order chi connectivity index (χ0) is 27.2. The molecule has 1 heterocycles. The molecule has 0 N–H and O–H groups in total. The summed E-state index contributed by atoms with van der Waals surface area (Å²) in [4.78, 5) is 19.2. The van der Waals surface area contributed by atoms with Crippen molar-refractivity contribution < 1.29 is 35.9 Å². The van der Waals surface area contributed by atoms with Crippen LogP contribution in [0.4, 0.5) is 26.3 Å². The number of likely N-dealkylation sites (N-methyl/N-ethyl adjacent to an activating group) is 1. The molecule has 1 fully saturated rings. The summed E-state index contributed by atoms with van der Waals surface area (Å²) in [5, 5.41) is 0. The number of benzene rings is 2. The lowest BCUT2D eigenvalue weighted by atomic mass is 10.0. The molecule has 0 aromatic heterocycles. The van der Waals surface area contributed by atoms with E-state index in [-0.39, 0.29) is 30.5 Å². The fourth-order valence-electron chi connectivity index (χ4n) is 4.39. The number of alkyl halides is 6. The number of nitrogens with zero attached hydrogens (tertiary/aromatic N) is 3. The Hall–Kier alpha value is -2.63. The van der Waals surface area contributed by atoms with Crippen molar-refractivity contribution in [1.29, 1.82) is 0 Å². The molecule has 1 atom stereocenters. The number of piperazine rings is 1. The van der Waals surface area contributed by atoms with Gasteiger partial charge in [-0.1, -0.05) is 30.3 Å². The number of hydrogen-bond acceptors (Lipinski definition) is 4. The number of carbonyl (C=O) groups excluding carboxylic acids is 1. The zero-order valence-corrected chi connectivity index (χ0v) is 20.8. The van der Waals surface area contributed by atoms with Crippen LogP contribution in [0.5, 0.6) is 0 Å². The van der Waals surface area contributed by atoms with E-state index in [1.807, 2.05) is 30.3 Å². The third-order valence-corrected chi connectivity index (χ3v) is 6.49. The average Bonchev–Trinajstić information content (AvgIpc) is 2.86. The monoisotopic (exact) mass is 531 g/mol. The van der Waals surface area contributed by atoms with Crippen LogP contribution in [0.2, 0.25) is 0 Å². The van der Waals surface area contributed by atoms with Gasteiger partial charge in [-0.3, -0.25) is 14.6 Å². The lowest BCUT2D eigenvalue weighted by molar-refractivity contribution is -0.143. The van der Waals surface area contributed by atoms with Gasteiger partial charge < -0.3 is 9.64 Å². The lowest BCUT2D eigenvalue weighted by Crippen LogP contribution is -2.51. The maximum Gasteiger partial charge on any atom is 0.416 e. The second kappa shape index (κ2) is 12.3. The first-order valence-corrected chi connectivity index (χ1v) is 11.9. The number of amides is 1. The SMILES string of the molecule is COCCN1CCN(C(C(=O)N(C)CCc2cc(C(F)(F)F)cc(C(F)(F)F)c2)c2ccccc2)CC1. The summed E-state index contributed by atoms with van der Waals surface area (Å²) in [5.74, 6) is -0.264. The second-order valence-electron chi connectivity index (χ2n) is 9.11. The molecule has 1 aliphatic heterocycles. The van der Waals surface area contributed by atoms with Crippen molar-refractivity contribution >= 4 is 5.91 Å². The minimum atomic E-state index is -4.92. The first-order valence-electron chi connectivity index (χ1n) is 11.9. The highest BCUT2D eigenvalue weighted by atomic mass is 19.4. The van der Waals surface area contributed by atoms with Gasteiger partial charge in [0, 0.05) is 53.4 Å². The standard InChI is InChI=1S/C26H31F6N3O2/c1-33(9-8-19-16-21(25(27,28)29)18-22(17-19)26(30,31)32)24(36)23(20-6-4-3-5-7-20)35-12-10-34(11-13-35)14-15-37-2/h3-7,16-18,23H,8-15H2,1-2H3. The maximum atomic E-state index is 13.6. The number of halogens is 6. The number of rotatable bonds is 9. The molecule has 0 spiro atoms. The molecule has 0 bridgehead atoms. The molecule has 37 heavy (non-hydrogen) atoms. The Bertz CT molecular complexity index is 989. The van der Waals surface area contributed by atoms with E-state index >= 15 is 0 Å². The van der Waals surface area contributed by atoms with Gasteiger partial charge in [0.2, 0.25) is 5.91 Å². The third-order valence-electron chi connectivity index (χ3n) is 6.49. The van der Waals surface area contributed by atoms with E-state index in [2.05, 4.69) is 9.80 Å². The average molecular weight is 532 g/mol. The van der Waals surface area contributed by atoms with Gasteiger partial charge in [-0.05, 0) is 35.7 Å². The van der Waals surface area contributed by atoms with Crippen LogP contribution in [-0.4, -0.2) is 80.6 Å². The Kier molecular flexibility index (Phi) is 9.60. The molecule has 3 rings (SSSR count). The summed E-state index contributed by atoms with van der Waals surface area (Å²) in [5.41, 5.74) is -2.08. The number of ether oxygens (including phenoxy) is 1. The van der Waals surface area contributed by atoms with E-state index in [1.54, 1.807) is 7.11 Å². The van der Waals surface area contributed by atoms with E-state index in [0.29, 0.717) is 31.8 Å². The van der Waals surface area contributed by atoms with Crippen molar-refractivity contribution in [2.24, 2.45) is 0 Å². The van der Waals surface area contributed by atoms with Crippen molar-refractivity contribution in [2.75, 3.05) is 60.0 Å². The fraction of sp³-hybridized carbons (Fsp3) is 0.500. The van der Waals surface area contributed by atoms with Crippen molar-refractivity contribution in [2.45, 2.75) is 24.8 Å². The van der Waals surface area contributed by atoms with Crippen LogP contribution in [0.3, 0.4) is 0 Å². The van der Waals surface area contributed by atoms with Crippen molar-refractivity contribution in [3.8, 4) is 0 Å². The van der Waals surface area contributed by atoms with Gasteiger partial charge in [-0.25, -0.2) is 0 Å². The van der Waals surface area contributed by atoms with Crippen LogP contribution < -0.4 is 0 Å². The molecule has 0 radical (unpaired) electrons. The van der Waals surface area contributed by atoms with E-state index in [9.17, 15) is 31.1 Å². The van der Waals surface area contributed by atoms with Gasteiger partial charge in [0.25, 0.3) is 0 Å². The first kappa shape index (κ1) is 28.9. The van der Waals surface area contributed by atoms with E-state index in [1.165, 1.54) is 11.9 Å². The predicted octanol–water partition coefficient (Wildman–Crippen LogP) is 4.73. The van der Waals surface area contributed by atoms with Gasteiger partial charge >= 0.3 is 12.4 Å². The molecule has 11 heteroatoms. The van der Waals surface area contributed by atoms with Crippen molar-refractivity contribution in [1.82, 2.24) is 14.7 Å². The Morgan fingerprint density at radius 3 is 2.03 bits per heavy atom. The molecule has 1 amide bonds. The molecule has 1 unspecified atom stereocenters. The summed E-state index contributed by atoms with van der Waals surface area (Å²) in [7, 11) is 3.16. The summed E-state index contributed by atoms with van der Waals surface area (Å²) >= 11 is 0. The molecule has 2 aromatic rings. The smallest absolute Gasteiger partial charge is 0.383 e. The second-order valence-corrected chi connectivity index (χ2v) is 9.11. The van der Waals surface area contributed by atoms with E-state index in [0.717, 1.165) is 25.2 Å². The Morgan fingerprint density at radius 2 is 1.51 bits per heavy atom. The lowest BCUT2D eigenvalue weighted by Gasteiger charge is -2.40. The molecule has 0 aliphatic carbocycles. The van der Waals surface area contributed by atoms with Gasteiger partial charge in [-0.2, -0.15) is 26.3 Å². The molecule has 5 nitrogen and oxygen atoms in total. The minimum absolute atomic E-state index is 0.0332. The summed E-state index contributed by atoms with van der Waals surface area (Å²) in [6.45, 7) is 4.11. The highest BCUT2D eigenvalue weighted by molar-refractivity contribution is 5.83. The van der Waals surface area contributed by atoms with Crippen LogP contribution in [-0.2, 0) is 28.3 Å². The summed E-state index contributed by atoms with van der Waals surface area (Å²) in [6.07, 6.45) is -9.98. The molecule has 1 aliphatic rings. The third kappa shape index (κ3) is 7.93. The summed E-state index contributed by atoms with van der Waals surface area (Å²) < 4.78 is 84.4. The maximum absolute atomic E-state index is 13.6. The van der Waals surface area contributed by atoms with Crippen LogP contribution >= 0.6 is 0 Å². The molecule has 0 saturated carbocycles. The van der Waals surface area contributed by atoms with Gasteiger partial charge in [0.1, 0.15) is 6.04 Å². The Balaban J connectivity index is 1.76. The molecule has 2 aromatic carbocycles. The van der Waals surface area contributed by atoms with Gasteiger partial charge in [0.05, 0.1) is 17.7 Å². The normalized spacial score (nSPS) is 16.5. The Labute approximate surface area is 212 Å². The first-order chi connectivity index (χ1) is 17.4. The number of carbonyl (C=O) groups is 1. The molecule has 204 valence electrons. The Morgan fingerprint density at radius 1 is 0.946 bits per heavy atom.